The summed E-state index contributed by atoms with van der Waals surface area (Å²) in [5.74, 6) is 0. The lowest BCUT2D eigenvalue weighted by Crippen LogP contribution is -2.21. The molecule has 2 heterocycles. The molecule has 2 aromatic rings. The van der Waals surface area contributed by atoms with Crippen LogP contribution in [0.25, 0.3) is 0 Å². The fraction of sp³-hybridized carbons (Fsp3) is 0.364. The molecule has 0 radical (unpaired) electrons. The molecular weight excluding hydrogens is 258 g/mol. The molecule has 0 spiro atoms. The average molecular weight is 270 g/mol. The summed E-state index contributed by atoms with van der Waals surface area (Å²) in [6.45, 7) is 2.56. The highest BCUT2D eigenvalue weighted by molar-refractivity contribution is 7.09. The van der Waals surface area contributed by atoms with Gasteiger partial charge in [-0.2, -0.15) is 0 Å². The van der Waals surface area contributed by atoms with Crippen molar-refractivity contribution in [1.82, 2.24) is 14.5 Å². The minimum absolute atomic E-state index is 0.00323. The molecule has 6 heteroatoms. The number of halogens is 1. The highest BCUT2D eigenvalue weighted by atomic mass is 35.5. The number of rotatable bonds is 4. The number of aryl methyl sites for hydroxylation is 1. The Balaban J connectivity index is 2.19. The second-order valence-electron chi connectivity index (χ2n) is 3.63. The van der Waals surface area contributed by atoms with Gasteiger partial charge in [0.2, 0.25) is 0 Å². The Kier molecular flexibility index (Phi) is 3.91. The summed E-state index contributed by atoms with van der Waals surface area (Å²) in [6.07, 6.45) is 5.20. The second-order valence-corrected chi connectivity index (χ2v) is 4.93. The molecule has 90 valence electrons. The van der Waals surface area contributed by atoms with Gasteiger partial charge in [-0.15, -0.1) is 11.3 Å². The first-order valence-electron chi connectivity index (χ1n) is 5.35. The molecule has 2 aromatic heterocycles. The highest BCUT2D eigenvalue weighted by Crippen LogP contribution is 2.12. The summed E-state index contributed by atoms with van der Waals surface area (Å²) >= 11 is 7.30. The van der Waals surface area contributed by atoms with Crippen LogP contribution in [0, 0.1) is 0 Å². The Labute approximate surface area is 108 Å². The van der Waals surface area contributed by atoms with Gasteiger partial charge in [0, 0.05) is 17.8 Å². The smallest absolute Gasteiger partial charge is 0.288 e. The van der Waals surface area contributed by atoms with E-state index < -0.39 is 0 Å². The number of aromatic nitrogens is 3. The van der Waals surface area contributed by atoms with Gasteiger partial charge in [0.25, 0.3) is 5.56 Å². The third-order valence-corrected chi connectivity index (χ3v) is 3.48. The van der Waals surface area contributed by atoms with Gasteiger partial charge in [0.15, 0.2) is 5.15 Å². The molecule has 0 aliphatic heterocycles. The summed E-state index contributed by atoms with van der Waals surface area (Å²) in [5, 5.41) is 3.08. The first-order chi connectivity index (χ1) is 8.20. The second kappa shape index (κ2) is 5.42. The average Bonchev–Trinajstić information content (AvgIpc) is 2.73. The maximum Gasteiger partial charge on any atom is 0.288 e. The maximum atomic E-state index is 11.6. The Morgan fingerprint density at radius 2 is 2.35 bits per heavy atom. The van der Waals surface area contributed by atoms with Crippen molar-refractivity contribution in [3.05, 3.63) is 44.0 Å². The van der Waals surface area contributed by atoms with Crippen molar-refractivity contribution in [3.63, 3.8) is 0 Å². The molecule has 0 saturated carbocycles. The lowest BCUT2D eigenvalue weighted by Gasteiger charge is -2.02. The van der Waals surface area contributed by atoms with Gasteiger partial charge < -0.3 is 4.57 Å². The van der Waals surface area contributed by atoms with Gasteiger partial charge in [0.1, 0.15) is 0 Å². The summed E-state index contributed by atoms with van der Waals surface area (Å²) < 4.78 is 1.51. The van der Waals surface area contributed by atoms with Gasteiger partial charge >= 0.3 is 0 Å². The molecule has 0 aliphatic carbocycles. The molecule has 0 aromatic carbocycles. The van der Waals surface area contributed by atoms with Crippen molar-refractivity contribution in [2.45, 2.75) is 26.3 Å². The van der Waals surface area contributed by atoms with Gasteiger partial charge in [-0.1, -0.05) is 18.5 Å². The molecule has 17 heavy (non-hydrogen) atoms. The van der Waals surface area contributed by atoms with E-state index in [0.717, 1.165) is 23.5 Å². The van der Waals surface area contributed by atoms with Crippen LogP contribution in [-0.2, 0) is 13.0 Å². The van der Waals surface area contributed by atoms with E-state index >= 15 is 0 Å². The molecule has 0 aliphatic rings. The standard InChI is InChI=1S/C11H12ClN3OS/c1-2-3-9-14-8(7-17-9)6-15-5-4-13-10(12)11(15)16/h4-5,7H,2-3,6H2,1H3. The van der Waals surface area contributed by atoms with Gasteiger partial charge in [-0.05, 0) is 12.8 Å². The van der Waals surface area contributed by atoms with Gasteiger partial charge in [0.05, 0.1) is 17.2 Å². The quantitative estimate of drug-likeness (QED) is 0.856. The van der Waals surface area contributed by atoms with E-state index in [1.807, 2.05) is 5.38 Å². The minimum Gasteiger partial charge on any atom is -0.305 e. The summed E-state index contributed by atoms with van der Waals surface area (Å²) in [4.78, 5) is 19.8. The van der Waals surface area contributed by atoms with Crippen molar-refractivity contribution in [3.8, 4) is 0 Å². The third-order valence-electron chi connectivity index (χ3n) is 2.27. The Hall–Kier alpha value is -1.20. The summed E-state index contributed by atoms with van der Waals surface area (Å²) in [7, 11) is 0. The first kappa shape index (κ1) is 12.3. The van der Waals surface area contributed by atoms with Crippen LogP contribution in [-0.4, -0.2) is 14.5 Å². The highest BCUT2D eigenvalue weighted by Gasteiger charge is 2.05. The van der Waals surface area contributed by atoms with Crippen LogP contribution in [0.2, 0.25) is 5.15 Å². The maximum absolute atomic E-state index is 11.6. The molecule has 0 saturated heterocycles. The molecule has 0 N–H and O–H groups in total. The molecule has 4 nitrogen and oxygen atoms in total. The largest absolute Gasteiger partial charge is 0.305 e. The van der Waals surface area contributed by atoms with Crippen molar-refractivity contribution in [1.29, 1.82) is 0 Å². The Morgan fingerprint density at radius 1 is 1.53 bits per heavy atom. The van der Waals surface area contributed by atoms with Crippen molar-refractivity contribution >= 4 is 22.9 Å². The van der Waals surface area contributed by atoms with E-state index in [0.29, 0.717) is 6.54 Å². The predicted molar refractivity (Wildman–Crippen MR) is 68.7 cm³/mol. The molecular formula is C11H12ClN3OS. The lowest BCUT2D eigenvalue weighted by atomic mass is 10.3. The molecule has 0 unspecified atom stereocenters. The van der Waals surface area contributed by atoms with Crippen LogP contribution < -0.4 is 5.56 Å². The van der Waals surface area contributed by atoms with E-state index in [1.165, 1.54) is 10.8 Å². The molecule has 0 bridgehead atoms. The minimum atomic E-state index is -0.279. The van der Waals surface area contributed by atoms with Crippen LogP contribution in [0.1, 0.15) is 24.0 Å². The molecule has 0 atom stereocenters. The number of hydrogen-bond donors (Lipinski definition) is 0. The van der Waals surface area contributed by atoms with E-state index in [1.54, 1.807) is 17.5 Å². The van der Waals surface area contributed by atoms with Crippen LogP contribution in [0.4, 0.5) is 0 Å². The number of thiazole rings is 1. The zero-order chi connectivity index (χ0) is 12.3. The van der Waals surface area contributed by atoms with Crippen LogP contribution in [0.3, 0.4) is 0 Å². The SMILES string of the molecule is CCCc1nc(Cn2ccnc(Cl)c2=O)cs1. The zero-order valence-electron chi connectivity index (χ0n) is 9.39. The molecule has 0 amide bonds. The van der Waals surface area contributed by atoms with Crippen LogP contribution >= 0.6 is 22.9 Å². The molecule has 0 fully saturated rings. The Bertz CT molecular complexity index is 564. The molecule has 2 rings (SSSR count). The monoisotopic (exact) mass is 269 g/mol. The fourth-order valence-corrected chi connectivity index (χ4v) is 2.53. The number of hydrogen-bond acceptors (Lipinski definition) is 4. The first-order valence-corrected chi connectivity index (χ1v) is 6.60. The lowest BCUT2D eigenvalue weighted by molar-refractivity contribution is 0.729. The van der Waals surface area contributed by atoms with Gasteiger partial charge in [-0.25, -0.2) is 9.97 Å². The normalized spacial score (nSPS) is 10.7. The van der Waals surface area contributed by atoms with Crippen molar-refractivity contribution in [2.24, 2.45) is 0 Å². The number of nitrogens with zero attached hydrogens (tertiary/aromatic N) is 3. The summed E-state index contributed by atoms with van der Waals surface area (Å²) in [5.41, 5.74) is 0.613. The van der Waals surface area contributed by atoms with Gasteiger partial charge in [-0.3, -0.25) is 4.79 Å². The van der Waals surface area contributed by atoms with E-state index in [9.17, 15) is 4.79 Å². The zero-order valence-corrected chi connectivity index (χ0v) is 11.0. The van der Waals surface area contributed by atoms with Crippen LogP contribution in [0.5, 0.6) is 0 Å². The van der Waals surface area contributed by atoms with Crippen molar-refractivity contribution in [2.75, 3.05) is 0 Å². The topological polar surface area (TPSA) is 47.8 Å². The van der Waals surface area contributed by atoms with Crippen molar-refractivity contribution < 1.29 is 0 Å². The fourth-order valence-electron chi connectivity index (χ4n) is 1.47. The predicted octanol–water partition coefficient (Wildman–Crippen LogP) is 2.35. The van der Waals surface area contributed by atoms with E-state index in [4.69, 9.17) is 11.6 Å². The Morgan fingerprint density at radius 3 is 3.12 bits per heavy atom. The van der Waals surface area contributed by atoms with E-state index in [-0.39, 0.29) is 10.7 Å². The van der Waals surface area contributed by atoms with Crippen LogP contribution in [0.15, 0.2) is 22.6 Å². The third kappa shape index (κ3) is 2.92. The van der Waals surface area contributed by atoms with E-state index in [2.05, 4.69) is 16.9 Å². The summed E-state index contributed by atoms with van der Waals surface area (Å²) in [6, 6.07) is 0.